The molecule has 4 nitrogen and oxygen atoms in total. The van der Waals surface area contributed by atoms with E-state index in [-0.39, 0.29) is 12.5 Å². The molecular weight excluding hydrogens is 311 g/mol. The summed E-state index contributed by atoms with van der Waals surface area (Å²) in [5, 5.41) is 13.6. The summed E-state index contributed by atoms with van der Waals surface area (Å²) in [7, 11) is 0. The molecule has 0 saturated heterocycles. The Morgan fingerprint density at radius 1 is 1.14 bits per heavy atom. The number of hydrogen-bond acceptors (Lipinski definition) is 3. The van der Waals surface area contributed by atoms with Crippen LogP contribution in [-0.2, 0) is 4.79 Å². The van der Waals surface area contributed by atoms with Crippen LogP contribution in [0.5, 0.6) is 0 Å². The number of hydrogen-bond donors (Lipinski definition) is 3. The van der Waals surface area contributed by atoms with Gasteiger partial charge in [0, 0.05) is 23.0 Å². The first kappa shape index (κ1) is 18.2. The highest BCUT2D eigenvalue weighted by molar-refractivity contribution is 6.34. The lowest BCUT2D eigenvalue weighted by Gasteiger charge is -2.13. The molecule has 1 atom stereocenters. The molecule has 1 amide bonds. The van der Waals surface area contributed by atoms with Crippen molar-refractivity contribution in [3.8, 4) is 0 Å². The summed E-state index contributed by atoms with van der Waals surface area (Å²) < 4.78 is 0. The van der Waals surface area contributed by atoms with Gasteiger partial charge < -0.3 is 16.2 Å². The van der Waals surface area contributed by atoms with Crippen molar-refractivity contribution >= 4 is 29.1 Å². The van der Waals surface area contributed by atoms with E-state index in [4.69, 9.17) is 28.9 Å². The number of aliphatic hydroxyl groups excluding tert-OH is 1. The van der Waals surface area contributed by atoms with E-state index in [1.807, 2.05) is 0 Å². The summed E-state index contributed by atoms with van der Waals surface area (Å²) in [4.78, 5) is 11.6. The minimum atomic E-state index is -0.817. The van der Waals surface area contributed by atoms with E-state index in [0.29, 0.717) is 28.6 Å². The zero-order chi connectivity index (χ0) is 15.7. The number of benzene rings is 1. The van der Waals surface area contributed by atoms with Crippen molar-refractivity contribution in [2.24, 2.45) is 5.73 Å². The topological polar surface area (TPSA) is 75.4 Å². The van der Waals surface area contributed by atoms with Gasteiger partial charge in [-0.2, -0.15) is 0 Å². The van der Waals surface area contributed by atoms with Gasteiger partial charge in [-0.3, -0.25) is 4.79 Å². The Labute approximate surface area is 135 Å². The zero-order valence-corrected chi connectivity index (χ0v) is 13.5. The van der Waals surface area contributed by atoms with Crippen LogP contribution in [0.2, 0.25) is 10.0 Å². The van der Waals surface area contributed by atoms with Gasteiger partial charge in [0.25, 0.3) is 0 Å². The van der Waals surface area contributed by atoms with Crippen molar-refractivity contribution in [2.45, 2.75) is 38.2 Å². The monoisotopic (exact) mass is 332 g/mol. The maximum Gasteiger partial charge on any atom is 0.220 e. The highest BCUT2D eigenvalue weighted by Gasteiger charge is 2.11. The SMILES string of the molecule is NCCCCCCC(=O)NCC(O)c1cc(Cl)cc(Cl)c1. The number of aliphatic hydroxyl groups is 1. The van der Waals surface area contributed by atoms with Gasteiger partial charge in [0.2, 0.25) is 5.91 Å². The lowest BCUT2D eigenvalue weighted by Crippen LogP contribution is -2.28. The Morgan fingerprint density at radius 3 is 2.38 bits per heavy atom. The molecule has 1 aromatic carbocycles. The second-order valence-electron chi connectivity index (χ2n) is 4.98. The van der Waals surface area contributed by atoms with E-state index in [1.165, 1.54) is 0 Å². The molecule has 4 N–H and O–H groups in total. The van der Waals surface area contributed by atoms with Crippen LogP contribution >= 0.6 is 23.2 Å². The molecule has 1 rings (SSSR count). The van der Waals surface area contributed by atoms with E-state index >= 15 is 0 Å². The molecule has 6 heteroatoms. The lowest BCUT2D eigenvalue weighted by atomic mass is 10.1. The average molecular weight is 333 g/mol. The fourth-order valence-corrected chi connectivity index (χ4v) is 2.51. The number of amides is 1. The van der Waals surface area contributed by atoms with Crippen molar-refractivity contribution in [2.75, 3.05) is 13.1 Å². The van der Waals surface area contributed by atoms with Crippen LogP contribution in [-0.4, -0.2) is 24.1 Å². The minimum Gasteiger partial charge on any atom is -0.387 e. The van der Waals surface area contributed by atoms with Crippen LogP contribution in [0.15, 0.2) is 18.2 Å². The van der Waals surface area contributed by atoms with Crippen LogP contribution in [0.1, 0.15) is 43.8 Å². The number of carbonyl (C=O) groups is 1. The van der Waals surface area contributed by atoms with Gasteiger partial charge >= 0.3 is 0 Å². The molecule has 0 aromatic heterocycles. The van der Waals surface area contributed by atoms with E-state index < -0.39 is 6.10 Å². The van der Waals surface area contributed by atoms with Crippen molar-refractivity contribution in [3.63, 3.8) is 0 Å². The van der Waals surface area contributed by atoms with Crippen LogP contribution in [0.25, 0.3) is 0 Å². The molecule has 0 aliphatic heterocycles. The minimum absolute atomic E-state index is 0.0603. The number of unbranched alkanes of at least 4 members (excludes halogenated alkanes) is 3. The first-order chi connectivity index (χ1) is 10.0. The fourth-order valence-electron chi connectivity index (χ4n) is 1.97. The number of halogens is 2. The van der Waals surface area contributed by atoms with E-state index in [1.54, 1.807) is 18.2 Å². The highest BCUT2D eigenvalue weighted by Crippen LogP contribution is 2.23. The molecule has 0 radical (unpaired) electrons. The maximum atomic E-state index is 11.6. The van der Waals surface area contributed by atoms with Crippen LogP contribution < -0.4 is 11.1 Å². The Hall–Kier alpha value is -0.810. The third-order valence-electron chi connectivity index (χ3n) is 3.12. The molecule has 118 valence electrons. The van der Waals surface area contributed by atoms with Gasteiger partial charge in [-0.05, 0) is 43.1 Å². The first-order valence-electron chi connectivity index (χ1n) is 7.13. The number of rotatable bonds is 9. The van der Waals surface area contributed by atoms with Gasteiger partial charge in [-0.25, -0.2) is 0 Å². The highest BCUT2D eigenvalue weighted by atomic mass is 35.5. The molecule has 0 heterocycles. The van der Waals surface area contributed by atoms with Gasteiger partial charge in [-0.1, -0.05) is 36.0 Å². The molecule has 1 unspecified atom stereocenters. The molecule has 0 bridgehead atoms. The quantitative estimate of drug-likeness (QED) is 0.608. The third kappa shape index (κ3) is 7.67. The number of carbonyl (C=O) groups excluding carboxylic acids is 1. The fraction of sp³-hybridized carbons (Fsp3) is 0.533. The largest absolute Gasteiger partial charge is 0.387 e. The van der Waals surface area contributed by atoms with Crippen molar-refractivity contribution in [1.29, 1.82) is 0 Å². The average Bonchev–Trinajstić information content (AvgIpc) is 2.43. The standard InChI is InChI=1S/C15H22Cl2N2O2/c16-12-7-11(8-13(17)9-12)14(20)10-19-15(21)5-3-1-2-4-6-18/h7-9,14,20H,1-6,10,18H2,(H,19,21). The zero-order valence-electron chi connectivity index (χ0n) is 11.9. The summed E-state index contributed by atoms with van der Waals surface area (Å²) in [6.07, 6.45) is 3.53. The molecular formula is C15H22Cl2N2O2. The molecule has 0 aliphatic carbocycles. The summed E-state index contributed by atoms with van der Waals surface area (Å²) in [6.45, 7) is 0.846. The van der Waals surface area contributed by atoms with E-state index in [2.05, 4.69) is 5.32 Å². The number of nitrogens with two attached hydrogens (primary N) is 1. The molecule has 1 aromatic rings. The van der Waals surface area contributed by atoms with Gasteiger partial charge in [-0.15, -0.1) is 0 Å². The lowest BCUT2D eigenvalue weighted by molar-refractivity contribution is -0.121. The Balaban J connectivity index is 2.28. The third-order valence-corrected chi connectivity index (χ3v) is 3.56. The smallest absolute Gasteiger partial charge is 0.220 e. The van der Waals surface area contributed by atoms with Gasteiger partial charge in [0.15, 0.2) is 0 Å². The summed E-state index contributed by atoms with van der Waals surface area (Å²) in [5.74, 6) is -0.0603. The summed E-state index contributed by atoms with van der Waals surface area (Å²) >= 11 is 11.8. The Bertz CT molecular complexity index is 435. The summed E-state index contributed by atoms with van der Waals surface area (Å²) in [6, 6.07) is 4.87. The van der Waals surface area contributed by atoms with Gasteiger partial charge in [0.1, 0.15) is 0 Å². The van der Waals surface area contributed by atoms with Crippen molar-refractivity contribution < 1.29 is 9.90 Å². The second-order valence-corrected chi connectivity index (χ2v) is 5.85. The molecule has 0 saturated carbocycles. The predicted molar refractivity (Wildman–Crippen MR) is 86.6 cm³/mol. The number of nitrogens with one attached hydrogen (secondary N) is 1. The van der Waals surface area contributed by atoms with Crippen molar-refractivity contribution in [3.05, 3.63) is 33.8 Å². The Morgan fingerprint density at radius 2 is 1.76 bits per heavy atom. The first-order valence-corrected chi connectivity index (χ1v) is 7.89. The maximum absolute atomic E-state index is 11.6. The predicted octanol–water partition coefficient (Wildman–Crippen LogP) is 3.05. The van der Waals surface area contributed by atoms with Crippen LogP contribution in [0.3, 0.4) is 0 Å². The van der Waals surface area contributed by atoms with Crippen LogP contribution in [0, 0.1) is 0 Å². The Kier molecular flexibility index (Phi) is 8.69. The van der Waals surface area contributed by atoms with Crippen molar-refractivity contribution in [1.82, 2.24) is 5.32 Å². The second kappa shape index (κ2) is 10.0. The molecule has 0 spiro atoms. The molecule has 0 aliphatic rings. The van der Waals surface area contributed by atoms with E-state index in [9.17, 15) is 9.90 Å². The summed E-state index contributed by atoms with van der Waals surface area (Å²) in [5.41, 5.74) is 6.00. The van der Waals surface area contributed by atoms with E-state index in [0.717, 1.165) is 25.7 Å². The van der Waals surface area contributed by atoms with Crippen LogP contribution in [0.4, 0.5) is 0 Å². The molecule has 0 fully saturated rings. The van der Waals surface area contributed by atoms with Gasteiger partial charge in [0.05, 0.1) is 6.10 Å². The molecule has 21 heavy (non-hydrogen) atoms. The normalized spacial score (nSPS) is 12.2.